The van der Waals surface area contributed by atoms with Crippen molar-refractivity contribution in [3.63, 3.8) is 0 Å². The molecule has 0 amide bonds. The summed E-state index contributed by atoms with van der Waals surface area (Å²) in [5.41, 5.74) is 2.90. The topological polar surface area (TPSA) is 151 Å². The number of likely N-dealkylation sites (tertiary alicyclic amines) is 1. The third-order valence-electron chi connectivity index (χ3n) is 6.77. The summed E-state index contributed by atoms with van der Waals surface area (Å²) in [6.45, 7) is 5.13. The number of fused-ring (bicyclic) bond motifs is 2. The van der Waals surface area contributed by atoms with E-state index >= 15 is 0 Å². The molecule has 0 saturated carbocycles. The molecular weight excluding hydrogens is 461 g/mol. The summed E-state index contributed by atoms with van der Waals surface area (Å²) in [6.07, 6.45) is 3.38. The normalized spacial score (nSPS) is 18.7. The van der Waals surface area contributed by atoms with Gasteiger partial charge in [-0.3, -0.25) is 9.36 Å². The number of rotatable bonds is 4. The summed E-state index contributed by atoms with van der Waals surface area (Å²) in [7, 11) is 0. The van der Waals surface area contributed by atoms with Gasteiger partial charge in [-0.2, -0.15) is 0 Å². The van der Waals surface area contributed by atoms with Crippen LogP contribution in [0.4, 0.5) is 4.39 Å². The summed E-state index contributed by atoms with van der Waals surface area (Å²) in [5.74, 6) is 0.489. The van der Waals surface area contributed by atoms with Crippen molar-refractivity contribution < 1.29 is 19.1 Å². The van der Waals surface area contributed by atoms with Gasteiger partial charge in [0.15, 0.2) is 5.58 Å². The minimum Gasteiger partial charge on any atom is -0.385 e. The Morgan fingerprint density at radius 2 is 1.94 bits per heavy atom. The summed E-state index contributed by atoms with van der Waals surface area (Å²) in [5, 5.41) is 30.0. The highest BCUT2D eigenvalue weighted by Gasteiger charge is 2.26. The van der Waals surface area contributed by atoms with Gasteiger partial charge >= 0.3 is 0 Å². The van der Waals surface area contributed by atoms with E-state index in [1.807, 2.05) is 6.92 Å². The summed E-state index contributed by atoms with van der Waals surface area (Å²) >= 11 is 0. The van der Waals surface area contributed by atoms with Crippen LogP contribution in [0.1, 0.15) is 60.5 Å². The second kappa shape index (κ2) is 10.5. The van der Waals surface area contributed by atoms with E-state index in [-0.39, 0.29) is 11.4 Å². The molecule has 1 fully saturated rings. The lowest BCUT2D eigenvalue weighted by Crippen LogP contribution is -2.37. The smallest absolute Gasteiger partial charge is 0.257 e. The largest absolute Gasteiger partial charge is 0.385 e. The molecule has 1 aromatic carbocycles. The molecule has 35 heavy (non-hydrogen) atoms. The Hall–Kier alpha value is -3.38. The van der Waals surface area contributed by atoms with E-state index in [0.717, 1.165) is 61.2 Å². The lowest BCUT2D eigenvalue weighted by Gasteiger charge is -2.31. The molecule has 0 radical (unpaired) electrons. The third kappa shape index (κ3) is 5.49. The number of hydrogen-bond donors (Lipinski definition) is 1. The molecule has 1 atom stereocenters. The minimum atomic E-state index is -1.75. The highest BCUT2D eigenvalue weighted by molar-refractivity contribution is 5.79. The zero-order valence-electron chi connectivity index (χ0n) is 19.4. The molecule has 11 nitrogen and oxygen atoms in total. The maximum Gasteiger partial charge on any atom is 0.257 e. The molecule has 188 valence electrons. The Morgan fingerprint density at radius 3 is 2.66 bits per heavy atom. The van der Waals surface area contributed by atoms with E-state index in [2.05, 4.69) is 15.0 Å². The van der Waals surface area contributed by atoms with Crippen LogP contribution in [0.2, 0.25) is 0 Å². The average Bonchev–Trinajstić information content (AvgIpc) is 3.23. The highest BCUT2D eigenvalue weighted by atomic mass is 19.1. The van der Waals surface area contributed by atoms with Crippen molar-refractivity contribution in [1.82, 2.24) is 19.6 Å². The van der Waals surface area contributed by atoms with Gasteiger partial charge in [0.2, 0.25) is 0 Å². The van der Waals surface area contributed by atoms with Crippen LogP contribution in [-0.4, -0.2) is 49.4 Å². The molecule has 1 N–H and O–H groups in total. The Bertz CT molecular complexity index is 1260. The summed E-state index contributed by atoms with van der Waals surface area (Å²) in [6, 6.07) is 4.58. The molecule has 12 heteroatoms. The molecule has 0 aliphatic carbocycles. The first-order chi connectivity index (χ1) is 16.7. The van der Waals surface area contributed by atoms with Crippen LogP contribution < -0.4 is 5.56 Å². The maximum atomic E-state index is 13.4. The highest BCUT2D eigenvalue weighted by Crippen LogP contribution is 2.32. The Morgan fingerprint density at radius 1 is 1.23 bits per heavy atom. The molecule has 1 saturated heterocycles. The van der Waals surface area contributed by atoms with Gasteiger partial charge in [0.05, 0.1) is 10.8 Å². The molecule has 2 aromatic heterocycles. The maximum absolute atomic E-state index is 13.4. The Labute approximate surface area is 199 Å². The number of aliphatic hydroxyl groups excluding tert-OH is 1. The molecule has 1 unspecified atom stereocenters. The first-order valence-electron chi connectivity index (χ1n) is 11.6. The standard InChI is InChI=1S/C23H27FN4O3.NO3/c1-14-17(23(30)28-9-2-3-19(29)22(28)25-14)8-12-27-10-6-15(7-11-27)21-18-5-4-16(24)13-20(18)31-26-21;2-1(3)4/h4-5,13,15,19,29H,2-3,6-12H2,1H3;/q;-1. The summed E-state index contributed by atoms with van der Waals surface area (Å²) in [4.78, 5) is 28.1. The predicted octanol–water partition coefficient (Wildman–Crippen LogP) is 2.84. The van der Waals surface area contributed by atoms with E-state index in [0.29, 0.717) is 36.7 Å². The third-order valence-corrected chi connectivity index (χ3v) is 6.77. The van der Waals surface area contributed by atoms with E-state index in [1.54, 1.807) is 10.6 Å². The molecule has 0 bridgehead atoms. The van der Waals surface area contributed by atoms with Crippen molar-refractivity contribution in [1.29, 1.82) is 0 Å². The number of aromatic nitrogens is 3. The van der Waals surface area contributed by atoms with E-state index in [4.69, 9.17) is 19.8 Å². The second-order valence-electron chi connectivity index (χ2n) is 8.95. The zero-order valence-corrected chi connectivity index (χ0v) is 19.4. The van der Waals surface area contributed by atoms with Crippen LogP contribution >= 0.6 is 0 Å². The Balaban J connectivity index is 0.000000672. The van der Waals surface area contributed by atoms with E-state index < -0.39 is 11.2 Å². The van der Waals surface area contributed by atoms with Crippen LogP contribution in [0, 0.1) is 28.1 Å². The molecular formula is C23H27FN5O6-. The average molecular weight is 488 g/mol. The lowest BCUT2D eigenvalue weighted by atomic mass is 9.91. The van der Waals surface area contributed by atoms with Gasteiger partial charge < -0.3 is 29.9 Å². The number of benzene rings is 1. The fraction of sp³-hybridized carbons (Fsp3) is 0.522. The summed E-state index contributed by atoms with van der Waals surface area (Å²) < 4.78 is 20.4. The van der Waals surface area contributed by atoms with Crippen LogP contribution in [-0.2, 0) is 13.0 Å². The molecule has 2 aliphatic rings. The van der Waals surface area contributed by atoms with Crippen LogP contribution in [0.15, 0.2) is 27.5 Å². The first kappa shape index (κ1) is 24.7. The van der Waals surface area contributed by atoms with Crippen molar-refractivity contribution >= 4 is 11.0 Å². The number of halogens is 1. The Kier molecular flexibility index (Phi) is 7.41. The van der Waals surface area contributed by atoms with Crippen molar-refractivity contribution in [2.75, 3.05) is 19.6 Å². The SMILES string of the molecule is Cc1nc2n(c(=O)c1CCN1CCC(c3noc4cc(F)ccc34)CC1)CCCC2O.O=[N+]([O-])[O-]. The molecule has 4 heterocycles. The monoisotopic (exact) mass is 488 g/mol. The quantitative estimate of drug-likeness (QED) is 0.432. The fourth-order valence-corrected chi connectivity index (χ4v) is 4.98. The van der Waals surface area contributed by atoms with Crippen molar-refractivity contribution in [3.8, 4) is 0 Å². The second-order valence-corrected chi connectivity index (χ2v) is 8.95. The van der Waals surface area contributed by atoms with Crippen LogP contribution in [0.5, 0.6) is 0 Å². The molecule has 2 aliphatic heterocycles. The van der Waals surface area contributed by atoms with Crippen molar-refractivity contribution in [2.45, 2.75) is 57.6 Å². The number of aryl methyl sites for hydroxylation is 1. The van der Waals surface area contributed by atoms with Gasteiger partial charge in [0.1, 0.15) is 17.7 Å². The van der Waals surface area contributed by atoms with Gasteiger partial charge in [-0.15, -0.1) is 0 Å². The fourth-order valence-electron chi connectivity index (χ4n) is 4.98. The predicted molar refractivity (Wildman–Crippen MR) is 124 cm³/mol. The lowest BCUT2D eigenvalue weighted by molar-refractivity contribution is -0.402. The molecule has 5 rings (SSSR count). The molecule has 3 aromatic rings. The van der Waals surface area contributed by atoms with Gasteiger partial charge in [0, 0.05) is 41.7 Å². The molecule has 0 spiro atoms. The van der Waals surface area contributed by atoms with Gasteiger partial charge in [0.25, 0.3) is 5.56 Å². The van der Waals surface area contributed by atoms with Gasteiger partial charge in [-0.05, 0) is 64.3 Å². The number of piperidine rings is 1. The van der Waals surface area contributed by atoms with Crippen LogP contribution in [0.25, 0.3) is 11.0 Å². The van der Waals surface area contributed by atoms with Crippen molar-refractivity contribution in [2.24, 2.45) is 0 Å². The first-order valence-corrected chi connectivity index (χ1v) is 11.6. The number of nitrogens with zero attached hydrogens (tertiary/aromatic N) is 5. The van der Waals surface area contributed by atoms with Gasteiger partial charge in [-0.25, -0.2) is 9.37 Å². The number of hydrogen-bond acceptors (Lipinski definition) is 9. The van der Waals surface area contributed by atoms with Gasteiger partial charge in [-0.1, -0.05) is 5.16 Å². The van der Waals surface area contributed by atoms with Crippen molar-refractivity contribution in [3.05, 3.63) is 72.5 Å². The van der Waals surface area contributed by atoms with E-state index in [9.17, 15) is 14.3 Å². The van der Waals surface area contributed by atoms with Crippen LogP contribution in [0.3, 0.4) is 0 Å². The minimum absolute atomic E-state index is 0.00237. The zero-order chi connectivity index (χ0) is 25.1. The van der Waals surface area contributed by atoms with E-state index in [1.165, 1.54) is 12.1 Å². The number of aliphatic hydroxyl groups is 1.